The van der Waals surface area contributed by atoms with Crippen molar-refractivity contribution in [3.8, 4) is 0 Å². The Hall–Kier alpha value is -0.550. The van der Waals surface area contributed by atoms with Crippen LogP contribution < -0.4 is 0 Å². The molecule has 1 heterocycles. The molecule has 0 saturated carbocycles. The predicted octanol–water partition coefficient (Wildman–Crippen LogP) is 3.38. The van der Waals surface area contributed by atoms with Crippen LogP contribution in [0.25, 0.3) is 0 Å². The van der Waals surface area contributed by atoms with Crippen LogP contribution in [0, 0.1) is 0 Å². The van der Waals surface area contributed by atoms with E-state index < -0.39 is 14.2 Å². The first-order chi connectivity index (χ1) is 9.60. The van der Waals surface area contributed by atoms with E-state index in [0.717, 1.165) is 25.9 Å². The molecular weight excluding hydrogens is 279 g/mol. The summed E-state index contributed by atoms with van der Waals surface area (Å²) in [6.07, 6.45) is 4.96. The van der Waals surface area contributed by atoms with Crippen LogP contribution in [0.15, 0.2) is 12.4 Å². The van der Waals surface area contributed by atoms with Gasteiger partial charge in [0.15, 0.2) is 0 Å². The van der Waals surface area contributed by atoms with Crippen LogP contribution in [0.2, 0.25) is 0 Å². The van der Waals surface area contributed by atoms with E-state index >= 15 is 0 Å². The van der Waals surface area contributed by atoms with E-state index in [9.17, 15) is 4.57 Å². The zero-order valence-corrected chi connectivity index (χ0v) is 13.8. The van der Waals surface area contributed by atoms with Gasteiger partial charge in [-0.3, -0.25) is 9.05 Å². The lowest BCUT2D eigenvalue weighted by Gasteiger charge is -2.32. The lowest BCUT2D eigenvalue weighted by atomic mass is 10.5. The van der Waals surface area contributed by atoms with E-state index in [-0.39, 0.29) is 0 Å². The highest BCUT2D eigenvalue weighted by molar-refractivity contribution is 7.48. The van der Waals surface area contributed by atoms with Gasteiger partial charge in [0.05, 0.1) is 13.2 Å². The number of phosphoric ester groups is 1. The molecule has 7 heteroatoms. The highest BCUT2D eigenvalue weighted by Crippen LogP contribution is 2.51. The smallest absolute Gasteiger partial charge is 0.334 e. The standard InChI is InChI=1S/C13H27N2O4P/c1-5-11-17-20(16,18-12-6-2)19-13-14(7-3)9-10-15(13)8-4/h9-10,13H,5-8,11-12H2,1-4H3. The van der Waals surface area contributed by atoms with Gasteiger partial charge in [0, 0.05) is 25.5 Å². The topological polar surface area (TPSA) is 51.2 Å². The minimum atomic E-state index is -3.53. The average molecular weight is 306 g/mol. The predicted molar refractivity (Wildman–Crippen MR) is 78.9 cm³/mol. The van der Waals surface area contributed by atoms with Gasteiger partial charge < -0.3 is 9.80 Å². The molecule has 0 aromatic carbocycles. The summed E-state index contributed by atoms with van der Waals surface area (Å²) in [5, 5.41) is 0. The fraction of sp³-hybridized carbons (Fsp3) is 0.846. The Balaban J connectivity index is 2.73. The Morgan fingerprint density at radius 2 is 1.40 bits per heavy atom. The molecule has 0 radical (unpaired) electrons. The van der Waals surface area contributed by atoms with Gasteiger partial charge in [-0.15, -0.1) is 0 Å². The third kappa shape index (κ3) is 4.77. The van der Waals surface area contributed by atoms with E-state index in [1.165, 1.54) is 0 Å². The summed E-state index contributed by atoms with van der Waals surface area (Å²) in [5.74, 6) is 0. The zero-order valence-electron chi connectivity index (χ0n) is 12.9. The normalized spacial score (nSPS) is 16.4. The first-order valence-corrected chi connectivity index (χ1v) is 8.83. The monoisotopic (exact) mass is 306 g/mol. The van der Waals surface area contributed by atoms with Crippen molar-refractivity contribution < 1.29 is 18.1 Å². The van der Waals surface area contributed by atoms with Crippen LogP contribution in [0.3, 0.4) is 0 Å². The third-order valence-corrected chi connectivity index (χ3v) is 4.32. The summed E-state index contributed by atoms with van der Waals surface area (Å²) in [7, 11) is -3.53. The SMILES string of the molecule is CCCOP(=O)(OCCC)OC1N(CC)C=CN1CC. The van der Waals surface area contributed by atoms with Gasteiger partial charge in [-0.2, -0.15) is 0 Å². The molecule has 0 aromatic heterocycles. The molecule has 0 amide bonds. The molecule has 118 valence electrons. The minimum absolute atomic E-state index is 0.361. The zero-order chi connectivity index (χ0) is 15.0. The van der Waals surface area contributed by atoms with Crippen molar-refractivity contribution in [3.05, 3.63) is 12.4 Å². The highest BCUT2D eigenvalue weighted by Gasteiger charge is 2.36. The molecule has 0 aromatic rings. The second-order valence-electron chi connectivity index (χ2n) is 4.50. The van der Waals surface area contributed by atoms with E-state index in [2.05, 4.69) is 0 Å². The Kier molecular flexibility index (Phi) is 7.59. The van der Waals surface area contributed by atoms with Crippen LogP contribution in [-0.4, -0.2) is 42.5 Å². The second-order valence-corrected chi connectivity index (χ2v) is 6.13. The average Bonchev–Trinajstić information content (AvgIpc) is 2.84. The van der Waals surface area contributed by atoms with Crippen molar-refractivity contribution in [1.29, 1.82) is 0 Å². The molecule has 0 unspecified atom stereocenters. The van der Waals surface area contributed by atoms with Gasteiger partial charge in [-0.1, -0.05) is 13.8 Å². The van der Waals surface area contributed by atoms with Gasteiger partial charge in [-0.25, -0.2) is 9.09 Å². The van der Waals surface area contributed by atoms with Crippen LogP contribution in [-0.2, 0) is 18.1 Å². The quantitative estimate of drug-likeness (QED) is 0.577. The summed E-state index contributed by atoms with van der Waals surface area (Å²) in [6, 6.07) is 0. The first kappa shape index (κ1) is 17.5. The Labute approximate surface area is 122 Å². The van der Waals surface area contributed by atoms with Crippen molar-refractivity contribution in [2.75, 3.05) is 26.3 Å². The van der Waals surface area contributed by atoms with Crippen LogP contribution >= 0.6 is 7.82 Å². The van der Waals surface area contributed by atoms with Crippen LogP contribution in [0.5, 0.6) is 0 Å². The Morgan fingerprint density at radius 1 is 0.950 bits per heavy atom. The largest absolute Gasteiger partial charge is 0.478 e. The maximum Gasteiger partial charge on any atom is 0.478 e. The molecule has 1 aliphatic rings. The number of hydrogen-bond donors (Lipinski definition) is 0. The maximum absolute atomic E-state index is 12.7. The van der Waals surface area contributed by atoms with E-state index in [0.29, 0.717) is 13.2 Å². The molecule has 0 fully saturated rings. The molecule has 0 N–H and O–H groups in total. The molecule has 1 rings (SSSR count). The van der Waals surface area contributed by atoms with E-state index in [1.807, 2.05) is 49.9 Å². The number of rotatable bonds is 10. The summed E-state index contributed by atoms with van der Waals surface area (Å²) in [4.78, 5) is 3.92. The lowest BCUT2D eigenvalue weighted by molar-refractivity contribution is -0.0512. The summed E-state index contributed by atoms with van der Waals surface area (Å²) >= 11 is 0. The number of hydrogen-bond acceptors (Lipinski definition) is 6. The minimum Gasteiger partial charge on any atom is -0.334 e. The fourth-order valence-electron chi connectivity index (χ4n) is 1.77. The Bertz CT molecular complexity index is 325. The highest BCUT2D eigenvalue weighted by atomic mass is 31.2. The third-order valence-electron chi connectivity index (χ3n) is 2.88. The van der Waals surface area contributed by atoms with Crippen molar-refractivity contribution in [2.45, 2.75) is 46.9 Å². The summed E-state index contributed by atoms with van der Waals surface area (Å²) < 4.78 is 29.1. The molecular formula is C13H27N2O4P. The Morgan fingerprint density at radius 3 is 1.75 bits per heavy atom. The van der Waals surface area contributed by atoms with Crippen LogP contribution in [0.4, 0.5) is 0 Å². The van der Waals surface area contributed by atoms with Gasteiger partial charge in [0.25, 0.3) is 0 Å². The van der Waals surface area contributed by atoms with Crippen molar-refractivity contribution in [1.82, 2.24) is 9.80 Å². The van der Waals surface area contributed by atoms with Gasteiger partial charge in [0.2, 0.25) is 6.35 Å². The lowest BCUT2D eigenvalue weighted by Crippen LogP contribution is -2.40. The van der Waals surface area contributed by atoms with E-state index in [1.54, 1.807) is 0 Å². The van der Waals surface area contributed by atoms with Gasteiger partial charge >= 0.3 is 7.82 Å². The molecule has 0 bridgehead atoms. The van der Waals surface area contributed by atoms with Crippen LogP contribution in [0.1, 0.15) is 40.5 Å². The number of nitrogens with zero attached hydrogens (tertiary/aromatic N) is 2. The van der Waals surface area contributed by atoms with E-state index in [4.69, 9.17) is 13.6 Å². The van der Waals surface area contributed by atoms with Gasteiger partial charge in [-0.05, 0) is 26.7 Å². The molecule has 20 heavy (non-hydrogen) atoms. The summed E-state index contributed by atoms with van der Waals surface area (Å²) in [6.45, 7) is 10.2. The van der Waals surface area contributed by atoms with Crippen molar-refractivity contribution in [2.24, 2.45) is 0 Å². The molecule has 6 nitrogen and oxygen atoms in total. The maximum atomic E-state index is 12.7. The second kappa shape index (κ2) is 8.67. The molecule has 0 atom stereocenters. The van der Waals surface area contributed by atoms with Gasteiger partial charge in [0.1, 0.15) is 0 Å². The fourth-order valence-corrected chi connectivity index (χ4v) is 3.25. The number of phosphoric acid groups is 1. The van der Waals surface area contributed by atoms with Crippen molar-refractivity contribution >= 4 is 7.82 Å². The van der Waals surface area contributed by atoms with Crippen molar-refractivity contribution in [3.63, 3.8) is 0 Å². The summed E-state index contributed by atoms with van der Waals surface area (Å²) in [5.41, 5.74) is 0. The molecule has 1 aliphatic heterocycles. The first-order valence-electron chi connectivity index (χ1n) is 7.37. The molecule has 0 aliphatic carbocycles. The molecule has 0 saturated heterocycles. The molecule has 0 spiro atoms.